The van der Waals surface area contributed by atoms with Crippen LogP contribution in [0.5, 0.6) is 0 Å². The highest BCUT2D eigenvalue weighted by atomic mass is 35.5. The summed E-state index contributed by atoms with van der Waals surface area (Å²) in [4.78, 5) is 24.3. The molecule has 212 valence electrons. The lowest BCUT2D eigenvalue weighted by atomic mass is 9.91. The summed E-state index contributed by atoms with van der Waals surface area (Å²) in [6.07, 6.45) is 5.64. The molecule has 0 saturated carbocycles. The van der Waals surface area contributed by atoms with Gasteiger partial charge in [-0.2, -0.15) is 5.10 Å². The van der Waals surface area contributed by atoms with Crippen molar-refractivity contribution in [1.29, 1.82) is 0 Å². The normalized spacial score (nSPS) is 15.5. The van der Waals surface area contributed by atoms with Crippen LogP contribution in [0.1, 0.15) is 24.0 Å². The van der Waals surface area contributed by atoms with E-state index in [0.29, 0.717) is 54.3 Å². The zero-order chi connectivity index (χ0) is 28.6. The summed E-state index contributed by atoms with van der Waals surface area (Å²) in [7, 11) is 3.73. The molecular formula is C30H32ClN7O3. The zero-order valence-electron chi connectivity index (χ0n) is 23.0. The minimum Gasteiger partial charge on any atom is -0.444 e. The topological polar surface area (TPSA) is 114 Å². The van der Waals surface area contributed by atoms with Crippen LogP contribution in [0, 0.1) is 0 Å². The number of benzene rings is 2. The van der Waals surface area contributed by atoms with E-state index in [1.807, 2.05) is 44.4 Å². The number of likely N-dealkylation sites (tertiary alicyclic amines) is 1. The molecule has 11 heteroatoms. The van der Waals surface area contributed by atoms with Crippen molar-refractivity contribution in [3.8, 4) is 22.6 Å². The lowest BCUT2D eigenvalue weighted by Gasteiger charge is -2.38. The summed E-state index contributed by atoms with van der Waals surface area (Å²) >= 11 is 6.57. The molecule has 6 rings (SSSR count). The van der Waals surface area contributed by atoms with Crippen LogP contribution >= 0.6 is 11.6 Å². The molecule has 1 aliphatic rings. The predicted molar refractivity (Wildman–Crippen MR) is 157 cm³/mol. The van der Waals surface area contributed by atoms with E-state index in [1.165, 1.54) is 22.9 Å². The van der Waals surface area contributed by atoms with Gasteiger partial charge in [-0.25, -0.2) is 9.97 Å². The Hall–Kier alpha value is -3.83. The average Bonchev–Trinajstić information content (AvgIpc) is 3.62. The van der Waals surface area contributed by atoms with Gasteiger partial charge in [-0.15, -0.1) is 0 Å². The Balaban J connectivity index is 1.14. The molecule has 0 radical (unpaired) electrons. The van der Waals surface area contributed by atoms with Crippen LogP contribution in [0.2, 0.25) is 5.02 Å². The number of aryl methyl sites for hydroxylation is 1. The number of oxazole rings is 1. The predicted octanol–water partition coefficient (Wildman–Crippen LogP) is 3.85. The van der Waals surface area contributed by atoms with Crippen molar-refractivity contribution < 1.29 is 9.52 Å². The van der Waals surface area contributed by atoms with Gasteiger partial charge < -0.3 is 14.8 Å². The van der Waals surface area contributed by atoms with Gasteiger partial charge in [0.2, 0.25) is 0 Å². The first kappa shape index (κ1) is 27.3. The SMILES string of the molecule is CNCc1ccc(-c2c3ncn(CC4(O)CCN(Cc5ccc(-c6cnco6)cc5Cl)CC4)c(=O)c3nn2C)cc1. The molecule has 4 heterocycles. The van der Waals surface area contributed by atoms with Crippen molar-refractivity contribution in [1.82, 2.24) is 34.5 Å². The summed E-state index contributed by atoms with van der Waals surface area (Å²) in [5, 5.41) is 19.7. The van der Waals surface area contributed by atoms with Gasteiger partial charge in [0.1, 0.15) is 5.52 Å². The minimum absolute atomic E-state index is 0.167. The standard InChI is InChI=1S/C30H32ClN7O3/c1-32-14-20-3-5-21(6-4-20)28-26-27(35-36(28)2)29(39)38(18-34-26)17-30(40)9-11-37(12-10-30)16-23-8-7-22(13-24(23)31)25-15-33-19-41-25/h3-8,13,15,18-19,32,40H,9-12,14,16-17H2,1-2H3. The van der Waals surface area contributed by atoms with Gasteiger partial charge in [-0.05, 0) is 37.1 Å². The quantitative estimate of drug-likeness (QED) is 0.288. The summed E-state index contributed by atoms with van der Waals surface area (Å²) < 4.78 is 8.55. The molecule has 0 atom stereocenters. The second-order valence-corrected chi connectivity index (χ2v) is 11.2. The number of piperidine rings is 1. The van der Waals surface area contributed by atoms with Gasteiger partial charge in [0.25, 0.3) is 5.56 Å². The van der Waals surface area contributed by atoms with Crippen molar-refractivity contribution in [3.05, 3.63) is 87.9 Å². The molecule has 41 heavy (non-hydrogen) atoms. The van der Waals surface area contributed by atoms with Crippen LogP contribution in [0.4, 0.5) is 0 Å². The lowest BCUT2D eigenvalue weighted by Crippen LogP contribution is -2.47. The van der Waals surface area contributed by atoms with E-state index in [9.17, 15) is 9.90 Å². The molecule has 3 aromatic heterocycles. The second-order valence-electron chi connectivity index (χ2n) is 10.7. The maximum Gasteiger partial charge on any atom is 0.281 e. The van der Waals surface area contributed by atoms with Gasteiger partial charge in [0, 0.05) is 49.4 Å². The number of aliphatic hydroxyl groups is 1. The van der Waals surface area contributed by atoms with Gasteiger partial charge in [-0.1, -0.05) is 48.0 Å². The Kier molecular flexibility index (Phi) is 7.48. The fraction of sp³-hybridized carbons (Fsp3) is 0.333. The van der Waals surface area contributed by atoms with Crippen molar-refractivity contribution in [2.75, 3.05) is 20.1 Å². The molecule has 0 aliphatic carbocycles. The number of aromatic nitrogens is 5. The summed E-state index contributed by atoms with van der Waals surface area (Å²) in [5.74, 6) is 0.671. The molecule has 0 unspecified atom stereocenters. The van der Waals surface area contributed by atoms with E-state index >= 15 is 0 Å². The highest BCUT2D eigenvalue weighted by Gasteiger charge is 2.33. The first-order valence-electron chi connectivity index (χ1n) is 13.6. The van der Waals surface area contributed by atoms with Crippen LogP contribution in [0.15, 0.2) is 70.6 Å². The Morgan fingerprint density at radius 1 is 1.10 bits per heavy atom. The molecule has 5 aromatic rings. The molecule has 1 saturated heterocycles. The molecule has 2 N–H and O–H groups in total. The van der Waals surface area contributed by atoms with E-state index < -0.39 is 5.60 Å². The zero-order valence-corrected chi connectivity index (χ0v) is 23.8. The van der Waals surface area contributed by atoms with Gasteiger partial charge in [0.05, 0.1) is 30.4 Å². The van der Waals surface area contributed by atoms with E-state index in [4.69, 9.17) is 16.0 Å². The Labute approximate surface area is 242 Å². The lowest BCUT2D eigenvalue weighted by molar-refractivity contribution is -0.0364. The van der Waals surface area contributed by atoms with Crippen LogP contribution in [0.3, 0.4) is 0 Å². The van der Waals surface area contributed by atoms with Gasteiger partial charge in [0.15, 0.2) is 17.7 Å². The number of nitrogens with zero attached hydrogens (tertiary/aromatic N) is 6. The maximum atomic E-state index is 13.4. The molecule has 2 aromatic carbocycles. The maximum absolute atomic E-state index is 13.4. The number of hydrogen-bond donors (Lipinski definition) is 2. The summed E-state index contributed by atoms with van der Waals surface area (Å²) in [5.41, 5.74) is 4.38. The first-order chi connectivity index (χ1) is 19.8. The van der Waals surface area contributed by atoms with E-state index in [-0.39, 0.29) is 12.1 Å². The Bertz CT molecular complexity index is 1720. The van der Waals surface area contributed by atoms with Crippen LogP contribution < -0.4 is 10.9 Å². The van der Waals surface area contributed by atoms with Gasteiger partial charge >= 0.3 is 0 Å². The number of rotatable bonds is 8. The monoisotopic (exact) mass is 573 g/mol. The third kappa shape index (κ3) is 5.56. The molecule has 0 amide bonds. The van der Waals surface area contributed by atoms with E-state index in [2.05, 4.69) is 37.4 Å². The van der Waals surface area contributed by atoms with Crippen LogP contribution in [-0.2, 0) is 26.7 Å². The van der Waals surface area contributed by atoms with Gasteiger partial charge in [-0.3, -0.25) is 18.9 Å². The average molecular weight is 574 g/mol. The van der Waals surface area contributed by atoms with Crippen molar-refractivity contribution in [2.45, 2.75) is 38.1 Å². The Morgan fingerprint density at radius 3 is 2.54 bits per heavy atom. The fourth-order valence-electron chi connectivity index (χ4n) is 5.55. The number of fused-ring (bicyclic) bond motifs is 1. The molecule has 1 aliphatic heterocycles. The third-order valence-corrected chi connectivity index (χ3v) is 8.19. The molecule has 0 bridgehead atoms. The third-order valence-electron chi connectivity index (χ3n) is 7.84. The highest BCUT2D eigenvalue weighted by Crippen LogP contribution is 2.30. The molecular weight excluding hydrogens is 542 g/mol. The van der Waals surface area contributed by atoms with Crippen LogP contribution in [0.25, 0.3) is 33.6 Å². The highest BCUT2D eigenvalue weighted by molar-refractivity contribution is 6.31. The number of nitrogens with one attached hydrogen (secondary N) is 1. The van der Waals surface area contributed by atoms with Crippen molar-refractivity contribution >= 4 is 22.6 Å². The summed E-state index contributed by atoms with van der Waals surface area (Å²) in [6.45, 7) is 2.98. The fourth-order valence-corrected chi connectivity index (χ4v) is 5.79. The van der Waals surface area contributed by atoms with Crippen molar-refractivity contribution in [3.63, 3.8) is 0 Å². The number of hydrogen-bond acceptors (Lipinski definition) is 8. The number of halogens is 1. The van der Waals surface area contributed by atoms with Crippen molar-refractivity contribution in [2.24, 2.45) is 7.05 Å². The van der Waals surface area contributed by atoms with E-state index in [1.54, 1.807) is 10.9 Å². The van der Waals surface area contributed by atoms with Crippen LogP contribution in [-0.4, -0.2) is 60.1 Å². The summed E-state index contributed by atoms with van der Waals surface area (Å²) in [6, 6.07) is 14.0. The molecule has 0 spiro atoms. The molecule has 1 fully saturated rings. The Morgan fingerprint density at radius 2 is 1.85 bits per heavy atom. The smallest absolute Gasteiger partial charge is 0.281 e. The first-order valence-corrected chi connectivity index (χ1v) is 14.0. The molecule has 10 nitrogen and oxygen atoms in total. The van der Waals surface area contributed by atoms with E-state index in [0.717, 1.165) is 28.9 Å². The largest absolute Gasteiger partial charge is 0.444 e. The minimum atomic E-state index is -1.02. The second kappa shape index (κ2) is 11.2.